The number of ether oxygens (including phenoxy) is 2. The van der Waals surface area contributed by atoms with Crippen molar-refractivity contribution in [2.75, 3.05) is 27.3 Å². The van der Waals surface area contributed by atoms with Crippen molar-refractivity contribution in [3.63, 3.8) is 0 Å². The zero-order valence-electron chi connectivity index (χ0n) is 14.5. The topological polar surface area (TPSA) is 67.5 Å². The van der Waals surface area contributed by atoms with Crippen molar-refractivity contribution < 1.29 is 22.6 Å². The first-order chi connectivity index (χ1) is 12.3. The zero-order valence-corrected chi connectivity index (χ0v) is 14.5. The average Bonchev–Trinajstić information content (AvgIpc) is 2.60. The van der Waals surface area contributed by atoms with Crippen LogP contribution in [0.4, 0.5) is 13.2 Å². The molecule has 1 aliphatic heterocycles. The fourth-order valence-electron chi connectivity index (χ4n) is 3.27. The second kappa shape index (κ2) is 7.14. The van der Waals surface area contributed by atoms with Gasteiger partial charge in [0.25, 0.3) is 5.56 Å². The van der Waals surface area contributed by atoms with E-state index in [0.717, 1.165) is 0 Å². The van der Waals surface area contributed by atoms with Crippen molar-refractivity contribution in [3.05, 3.63) is 28.3 Å². The van der Waals surface area contributed by atoms with Gasteiger partial charge in [-0.3, -0.25) is 9.69 Å². The molecule has 0 aliphatic carbocycles. The third kappa shape index (κ3) is 3.77. The molecule has 0 saturated carbocycles. The van der Waals surface area contributed by atoms with Gasteiger partial charge in [-0.1, -0.05) is 0 Å². The van der Waals surface area contributed by atoms with Crippen LogP contribution in [0, 0.1) is 5.92 Å². The predicted molar refractivity (Wildman–Crippen MR) is 89.5 cm³/mol. The molecule has 2 heterocycles. The first-order valence-corrected chi connectivity index (χ1v) is 8.26. The molecular formula is C17H20F3N3O3. The van der Waals surface area contributed by atoms with Crippen LogP contribution >= 0.6 is 0 Å². The normalized spacial score (nSPS) is 18.9. The molecule has 1 aliphatic rings. The number of likely N-dealkylation sites (tertiary alicyclic amines) is 1. The zero-order chi connectivity index (χ0) is 18.9. The van der Waals surface area contributed by atoms with Crippen molar-refractivity contribution >= 4 is 10.9 Å². The molecule has 0 spiro atoms. The molecule has 9 heteroatoms. The maximum Gasteiger partial charge on any atom is 0.393 e. The molecular weight excluding hydrogens is 351 g/mol. The summed E-state index contributed by atoms with van der Waals surface area (Å²) < 4.78 is 49.3. The van der Waals surface area contributed by atoms with E-state index in [9.17, 15) is 18.0 Å². The summed E-state index contributed by atoms with van der Waals surface area (Å²) in [4.78, 5) is 21.1. The number of methoxy groups -OCH3 is 2. The van der Waals surface area contributed by atoms with Gasteiger partial charge >= 0.3 is 6.18 Å². The molecule has 1 saturated heterocycles. The predicted octanol–water partition coefficient (Wildman–Crippen LogP) is 2.71. The highest BCUT2D eigenvalue weighted by Crippen LogP contribution is 2.33. The second-order valence-electron chi connectivity index (χ2n) is 6.35. The van der Waals surface area contributed by atoms with Gasteiger partial charge < -0.3 is 14.5 Å². The molecule has 0 amide bonds. The number of piperidine rings is 1. The lowest BCUT2D eigenvalue weighted by Gasteiger charge is -2.33. The van der Waals surface area contributed by atoms with Crippen LogP contribution in [0.25, 0.3) is 10.9 Å². The highest BCUT2D eigenvalue weighted by molar-refractivity contribution is 5.81. The third-order valence-corrected chi connectivity index (χ3v) is 4.60. The summed E-state index contributed by atoms with van der Waals surface area (Å²) in [6, 6.07) is 3.12. The Hall–Kier alpha value is -2.29. The first-order valence-electron chi connectivity index (χ1n) is 8.26. The Labute approximate surface area is 147 Å². The molecule has 26 heavy (non-hydrogen) atoms. The summed E-state index contributed by atoms with van der Waals surface area (Å²) in [5.74, 6) is -0.173. The lowest BCUT2D eigenvalue weighted by atomic mass is 9.97. The molecule has 1 aromatic carbocycles. The molecule has 1 atom stereocenters. The molecule has 1 unspecified atom stereocenters. The quantitative estimate of drug-likeness (QED) is 0.895. The highest BCUT2D eigenvalue weighted by Gasteiger charge is 2.41. The molecule has 6 nitrogen and oxygen atoms in total. The van der Waals surface area contributed by atoms with Crippen molar-refractivity contribution in [2.45, 2.75) is 25.6 Å². The number of hydrogen-bond donors (Lipinski definition) is 1. The molecule has 0 bridgehead atoms. The van der Waals surface area contributed by atoms with Crippen LogP contribution in [-0.2, 0) is 6.54 Å². The Morgan fingerprint density at radius 3 is 2.62 bits per heavy atom. The smallest absolute Gasteiger partial charge is 0.393 e. The minimum absolute atomic E-state index is 0.0861. The summed E-state index contributed by atoms with van der Waals surface area (Å²) in [5, 5.41) is 0.332. The van der Waals surface area contributed by atoms with Crippen LogP contribution < -0.4 is 15.0 Å². The number of aromatic nitrogens is 2. The van der Waals surface area contributed by atoms with Crippen LogP contribution in [0.15, 0.2) is 16.9 Å². The van der Waals surface area contributed by atoms with Gasteiger partial charge in [0.1, 0.15) is 5.82 Å². The Morgan fingerprint density at radius 1 is 1.27 bits per heavy atom. The van der Waals surface area contributed by atoms with Crippen LogP contribution in [0.5, 0.6) is 11.5 Å². The van der Waals surface area contributed by atoms with Gasteiger partial charge in [0.05, 0.1) is 37.6 Å². The minimum Gasteiger partial charge on any atom is -0.493 e. The van der Waals surface area contributed by atoms with Gasteiger partial charge in [-0.15, -0.1) is 0 Å². The SMILES string of the molecule is COc1cc2nc(CN3CCCC(C(F)(F)F)C3)[nH]c(=O)c2cc1OC. The van der Waals surface area contributed by atoms with E-state index in [2.05, 4.69) is 9.97 Å². The Kier molecular flexibility index (Phi) is 5.08. The molecule has 2 aromatic rings. The number of hydrogen-bond acceptors (Lipinski definition) is 5. The summed E-state index contributed by atoms with van der Waals surface area (Å²) in [5.41, 5.74) is 0.0427. The summed E-state index contributed by atoms with van der Waals surface area (Å²) in [6.07, 6.45) is -3.60. The van der Waals surface area contributed by atoms with E-state index >= 15 is 0 Å². The summed E-state index contributed by atoms with van der Waals surface area (Å²) in [6.45, 7) is 0.615. The van der Waals surface area contributed by atoms with Gasteiger partial charge in [-0.25, -0.2) is 4.98 Å². The van der Waals surface area contributed by atoms with Gasteiger partial charge in [0.2, 0.25) is 0 Å². The highest BCUT2D eigenvalue weighted by atomic mass is 19.4. The Morgan fingerprint density at radius 2 is 1.96 bits per heavy atom. The van der Waals surface area contributed by atoms with Crippen molar-refractivity contribution in [1.29, 1.82) is 0 Å². The molecule has 3 rings (SSSR count). The number of H-pyrrole nitrogens is 1. The number of nitrogens with one attached hydrogen (secondary N) is 1. The standard InChI is InChI=1S/C17H20F3N3O3/c1-25-13-6-11-12(7-14(13)26-2)21-15(22-16(11)24)9-23-5-3-4-10(8-23)17(18,19)20/h6-7,10H,3-5,8-9H2,1-2H3,(H,21,22,24). The maximum absolute atomic E-state index is 13.0. The number of nitrogens with zero attached hydrogens (tertiary/aromatic N) is 2. The Bertz CT molecular complexity index is 851. The van der Waals surface area contributed by atoms with E-state index in [0.29, 0.717) is 41.2 Å². The molecule has 1 N–H and O–H groups in total. The second-order valence-corrected chi connectivity index (χ2v) is 6.35. The van der Waals surface area contributed by atoms with E-state index in [1.165, 1.54) is 20.3 Å². The van der Waals surface area contributed by atoms with E-state index in [1.807, 2.05) is 0 Å². The van der Waals surface area contributed by atoms with E-state index in [4.69, 9.17) is 9.47 Å². The molecule has 1 fully saturated rings. The molecule has 0 radical (unpaired) electrons. The van der Waals surface area contributed by atoms with Gasteiger partial charge in [0, 0.05) is 12.6 Å². The van der Waals surface area contributed by atoms with Gasteiger partial charge in [0.15, 0.2) is 11.5 Å². The van der Waals surface area contributed by atoms with E-state index < -0.39 is 12.1 Å². The number of benzene rings is 1. The van der Waals surface area contributed by atoms with Crippen molar-refractivity contribution in [2.24, 2.45) is 5.92 Å². The monoisotopic (exact) mass is 371 g/mol. The summed E-state index contributed by atoms with van der Waals surface area (Å²) in [7, 11) is 2.94. The van der Waals surface area contributed by atoms with Crippen molar-refractivity contribution in [3.8, 4) is 11.5 Å². The number of halogens is 3. The van der Waals surface area contributed by atoms with Crippen LogP contribution in [0.1, 0.15) is 18.7 Å². The number of aromatic amines is 1. The number of alkyl halides is 3. The van der Waals surface area contributed by atoms with Crippen molar-refractivity contribution in [1.82, 2.24) is 14.9 Å². The minimum atomic E-state index is -4.20. The van der Waals surface area contributed by atoms with Gasteiger partial charge in [-0.05, 0) is 25.5 Å². The third-order valence-electron chi connectivity index (χ3n) is 4.60. The lowest BCUT2D eigenvalue weighted by Crippen LogP contribution is -2.41. The van der Waals surface area contributed by atoms with Crippen LogP contribution in [0.3, 0.4) is 0 Å². The fraction of sp³-hybridized carbons (Fsp3) is 0.529. The van der Waals surface area contributed by atoms with Crippen LogP contribution in [0.2, 0.25) is 0 Å². The lowest BCUT2D eigenvalue weighted by molar-refractivity contribution is -0.187. The largest absolute Gasteiger partial charge is 0.493 e. The molecule has 142 valence electrons. The fourth-order valence-corrected chi connectivity index (χ4v) is 3.27. The Balaban J connectivity index is 1.88. The molecule has 1 aromatic heterocycles. The van der Waals surface area contributed by atoms with E-state index in [-0.39, 0.29) is 25.1 Å². The van der Waals surface area contributed by atoms with E-state index in [1.54, 1.807) is 11.0 Å². The van der Waals surface area contributed by atoms with Gasteiger partial charge in [-0.2, -0.15) is 13.2 Å². The van der Waals surface area contributed by atoms with Crippen LogP contribution in [-0.4, -0.2) is 48.4 Å². The number of fused-ring (bicyclic) bond motifs is 1. The summed E-state index contributed by atoms with van der Waals surface area (Å²) >= 11 is 0. The first kappa shape index (κ1) is 18.5. The average molecular weight is 371 g/mol. The maximum atomic E-state index is 13.0. The number of rotatable bonds is 4.